The molecule has 0 atom stereocenters. The minimum atomic E-state index is -1.15. The SMILES string of the molecule is COc1ccccc1C(=O)Nc1cc(C(=O)O)ccc1O. The largest absolute Gasteiger partial charge is 0.506 e. The van der Waals surface area contributed by atoms with E-state index in [-0.39, 0.29) is 22.6 Å². The summed E-state index contributed by atoms with van der Waals surface area (Å²) in [5.41, 5.74) is 0.258. The van der Waals surface area contributed by atoms with Gasteiger partial charge in [0, 0.05) is 0 Å². The van der Waals surface area contributed by atoms with Gasteiger partial charge in [-0.2, -0.15) is 0 Å². The fourth-order valence-corrected chi connectivity index (χ4v) is 1.79. The number of methoxy groups -OCH3 is 1. The topological polar surface area (TPSA) is 95.9 Å². The molecule has 0 spiro atoms. The number of phenols is 1. The van der Waals surface area contributed by atoms with Gasteiger partial charge in [-0.3, -0.25) is 4.79 Å². The molecule has 0 fully saturated rings. The number of carbonyl (C=O) groups is 2. The summed E-state index contributed by atoms with van der Waals surface area (Å²) in [6.07, 6.45) is 0. The van der Waals surface area contributed by atoms with Crippen LogP contribution in [0.15, 0.2) is 42.5 Å². The molecule has 2 aromatic rings. The van der Waals surface area contributed by atoms with Crippen LogP contribution in [0.1, 0.15) is 20.7 Å². The van der Waals surface area contributed by atoms with Crippen LogP contribution in [0.2, 0.25) is 0 Å². The lowest BCUT2D eigenvalue weighted by Crippen LogP contribution is -2.13. The van der Waals surface area contributed by atoms with Crippen molar-refractivity contribution < 1.29 is 24.5 Å². The first-order valence-corrected chi connectivity index (χ1v) is 6.03. The first-order valence-electron chi connectivity index (χ1n) is 6.03. The van der Waals surface area contributed by atoms with Crippen LogP contribution in [-0.2, 0) is 0 Å². The van der Waals surface area contributed by atoms with Gasteiger partial charge in [-0.25, -0.2) is 4.79 Å². The Balaban J connectivity index is 2.31. The van der Waals surface area contributed by atoms with E-state index in [0.29, 0.717) is 5.75 Å². The van der Waals surface area contributed by atoms with Gasteiger partial charge in [-0.05, 0) is 30.3 Å². The molecule has 3 N–H and O–H groups in total. The first-order chi connectivity index (χ1) is 10.0. The third-order valence-corrected chi connectivity index (χ3v) is 2.84. The van der Waals surface area contributed by atoms with Gasteiger partial charge in [0.25, 0.3) is 5.91 Å². The summed E-state index contributed by atoms with van der Waals surface area (Å²) < 4.78 is 5.08. The number of benzene rings is 2. The predicted molar refractivity (Wildman–Crippen MR) is 76.0 cm³/mol. The molecular weight excluding hydrogens is 274 g/mol. The third kappa shape index (κ3) is 3.11. The Kier molecular flexibility index (Phi) is 4.08. The van der Waals surface area contributed by atoms with Gasteiger partial charge in [0.15, 0.2) is 0 Å². The van der Waals surface area contributed by atoms with Crippen molar-refractivity contribution in [3.63, 3.8) is 0 Å². The van der Waals surface area contributed by atoms with Crippen LogP contribution >= 0.6 is 0 Å². The number of anilines is 1. The average Bonchev–Trinajstić information content (AvgIpc) is 2.49. The smallest absolute Gasteiger partial charge is 0.335 e. The molecule has 6 nitrogen and oxygen atoms in total. The molecular formula is C15H13NO5. The van der Waals surface area contributed by atoms with E-state index in [9.17, 15) is 14.7 Å². The zero-order valence-corrected chi connectivity index (χ0v) is 11.2. The quantitative estimate of drug-likeness (QED) is 0.750. The second kappa shape index (κ2) is 5.96. The highest BCUT2D eigenvalue weighted by Crippen LogP contribution is 2.26. The van der Waals surface area contributed by atoms with Crippen molar-refractivity contribution in [2.45, 2.75) is 0 Å². The van der Waals surface area contributed by atoms with Crippen molar-refractivity contribution in [2.24, 2.45) is 0 Å². The number of nitrogens with one attached hydrogen (secondary N) is 1. The van der Waals surface area contributed by atoms with E-state index < -0.39 is 11.9 Å². The van der Waals surface area contributed by atoms with Crippen LogP contribution in [0.5, 0.6) is 11.5 Å². The van der Waals surface area contributed by atoms with Crippen molar-refractivity contribution in [1.29, 1.82) is 0 Å². The highest BCUT2D eigenvalue weighted by atomic mass is 16.5. The minimum Gasteiger partial charge on any atom is -0.506 e. The predicted octanol–water partition coefficient (Wildman–Crippen LogP) is 2.35. The van der Waals surface area contributed by atoms with Gasteiger partial charge in [0.05, 0.1) is 23.9 Å². The van der Waals surface area contributed by atoms with E-state index in [1.165, 1.54) is 25.3 Å². The Labute approximate surface area is 120 Å². The highest BCUT2D eigenvalue weighted by Gasteiger charge is 2.15. The molecule has 2 aromatic carbocycles. The molecule has 108 valence electrons. The van der Waals surface area contributed by atoms with Crippen molar-refractivity contribution in [3.8, 4) is 11.5 Å². The number of amides is 1. The number of aromatic hydroxyl groups is 1. The van der Waals surface area contributed by atoms with Crippen molar-refractivity contribution in [1.82, 2.24) is 0 Å². The fourth-order valence-electron chi connectivity index (χ4n) is 1.79. The zero-order valence-electron chi connectivity index (χ0n) is 11.2. The maximum Gasteiger partial charge on any atom is 0.335 e. The van der Waals surface area contributed by atoms with Crippen LogP contribution in [0.25, 0.3) is 0 Å². The molecule has 21 heavy (non-hydrogen) atoms. The lowest BCUT2D eigenvalue weighted by Gasteiger charge is -2.10. The molecule has 0 aliphatic carbocycles. The van der Waals surface area contributed by atoms with Gasteiger partial charge in [-0.1, -0.05) is 12.1 Å². The molecule has 0 saturated heterocycles. The normalized spacial score (nSPS) is 9.95. The zero-order chi connectivity index (χ0) is 15.4. The van der Waals surface area contributed by atoms with E-state index in [1.807, 2.05) is 0 Å². The summed E-state index contributed by atoms with van der Waals surface area (Å²) in [6, 6.07) is 10.2. The number of para-hydroxylation sites is 1. The van der Waals surface area contributed by atoms with E-state index >= 15 is 0 Å². The molecule has 0 aliphatic rings. The van der Waals surface area contributed by atoms with Crippen LogP contribution < -0.4 is 10.1 Å². The summed E-state index contributed by atoms with van der Waals surface area (Å²) in [5.74, 6) is -1.50. The molecule has 0 unspecified atom stereocenters. The van der Waals surface area contributed by atoms with Crippen LogP contribution in [0.4, 0.5) is 5.69 Å². The Morgan fingerprint density at radius 2 is 1.86 bits per heavy atom. The van der Waals surface area contributed by atoms with E-state index in [1.54, 1.807) is 24.3 Å². The number of ether oxygens (including phenoxy) is 1. The Morgan fingerprint density at radius 1 is 1.14 bits per heavy atom. The molecule has 1 amide bonds. The van der Waals surface area contributed by atoms with Crippen LogP contribution in [0, 0.1) is 0 Å². The summed E-state index contributed by atoms with van der Waals surface area (Å²) in [7, 11) is 1.44. The summed E-state index contributed by atoms with van der Waals surface area (Å²) in [5, 5.41) is 21.1. The number of carboxylic acid groups (broad SMARTS) is 1. The molecule has 0 heterocycles. The summed E-state index contributed by atoms with van der Waals surface area (Å²) in [6.45, 7) is 0. The van der Waals surface area contributed by atoms with Gasteiger partial charge < -0.3 is 20.3 Å². The number of phenolic OH excluding ortho intramolecular Hbond substituents is 1. The molecule has 0 radical (unpaired) electrons. The van der Waals surface area contributed by atoms with Crippen molar-refractivity contribution in [3.05, 3.63) is 53.6 Å². The van der Waals surface area contributed by atoms with E-state index in [4.69, 9.17) is 9.84 Å². The molecule has 0 saturated carbocycles. The van der Waals surface area contributed by atoms with Crippen LogP contribution in [-0.4, -0.2) is 29.2 Å². The van der Waals surface area contributed by atoms with Gasteiger partial charge >= 0.3 is 5.97 Å². The number of carboxylic acids is 1. The maximum atomic E-state index is 12.2. The Bertz CT molecular complexity index is 696. The highest BCUT2D eigenvalue weighted by molar-refractivity contribution is 6.07. The van der Waals surface area contributed by atoms with E-state index in [0.717, 1.165) is 0 Å². The lowest BCUT2D eigenvalue weighted by atomic mass is 10.1. The van der Waals surface area contributed by atoms with E-state index in [2.05, 4.69) is 5.32 Å². The second-order valence-electron chi connectivity index (χ2n) is 4.19. The Morgan fingerprint density at radius 3 is 2.52 bits per heavy atom. The number of rotatable bonds is 4. The molecule has 0 aliphatic heterocycles. The lowest BCUT2D eigenvalue weighted by molar-refractivity contribution is 0.0696. The van der Waals surface area contributed by atoms with Gasteiger partial charge in [0.2, 0.25) is 0 Å². The first kappa shape index (κ1) is 14.4. The summed E-state index contributed by atoms with van der Waals surface area (Å²) in [4.78, 5) is 23.1. The number of hydrogen-bond donors (Lipinski definition) is 3. The molecule has 0 bridgehead atoms. The number of hydrogen-bond acceptors (Lipinski definition) is 4. The second-order valence-corrected chi connectivity index (χ2v) is 4.19. The minimum absolute atomic E-state index is 0.0193. The van der Waals surface area contributed by atoms with Crippen molar-refractivity contribution >= 4 is 17.6 Å². The molecule has 2 rings (SSSR count). The van der Waals surface area contributed by atoms with Gasteiger partial charge in [0.1, 0.15) is 11.5 Å². The van der Waals surface area contributed by atoms with Crippen LogP contribution in [0.3, 0.4) is 0 Å². The Hall–Kier alpha value is -3.02. The molecule has 6 heteroatoms. The number of carbonyl (C=O) groups excluding carboxylic acids is 1. The summed E-state index contributed by atoms with van der Waals surface area (Å²) >= 11 is 0. The average molecular weight is 287 g/mol. The third-order valence-electron chi connectivity index (χ3n) is 2.84. The molecule has 0 aromatic heterocycles. The van der Waals surface area contributed by atoms with Crippen molar-refractivity contribution in [2.75, 3.05) is 12.4 Å². The maximum absolute atomic E-state index is 12.2. The standard InChI is InChI=1S/C15H13NO5/c1-21-13-5-3-2-4-10(13)14(18)16-11-8-9(15(19)20)6-7-12(11)17/h2-8,17H,1H3,(H,16,18)(H,19,20). The fraction of sp³-hybridized carbons (Fsp3) is 0.0667. The van der Waals surface area contributed by atoms with Gasteiger partial charge in [-0.15, -0.1) is 0 Å². The monoisotopic (exact) mass is 287 g/mol. The number of aromatic carboxylic acids is 1.